The molecule has 1 aromatic carbocycles. The first-order chi connectivity index (χ1) is 9.11. The summed E-state index contributed by atoms with van der Waals surface area (Å²) in [6, 6.07) is 3.97. The number of fused-ring (bicyclic) bond motifs is 1. The summed E-state index contributed by atoms with van der Waals surface area (Å²) in [6.45, 7) is 2.71. The quantitative estimate of drug-likeness (QED) is 0.926. The van der Waals surface area contributed by atoms with Crippen LogP contribution in [0.3, 0.4) is 0 Å². The first-order valence-electron chi connectivity index (χ1n) is 6.68. The maximum atomic E-state index is 6.14. The highest BCUT2D eigenvalue weighted by Crippen LogP contribution is 2.39. The van der Waals surface area contributed by atoms with Crippen LogP contribution < -0.4 is 5.73 Å². The van der Waals surface area contributed by atoms with Crippen molar-refractivity contribution in [3.05, 3.63) is 28.0 Å². The van der Waals surface area contributed by atoms with E-state index in [2.05, 4.69) is 11.5 Å². The van der Waals surface area contributed by atoms with Gasteiger partial charge in [-0.15, -0.1) is 0 Å². The van der Waals surface area contributed by atoms with E-state index >= 15 is 0 Å². The molecule has 1 atom stereocenters. The topological polar surface area (TPSA) is 43.8 Å². The van der Waals surface area contributed by atoms with Crippen LogP contribution in [0.25, 0.3) is 11.0 Å². The van der Waals surface area contributed by atoms with Crippen LogP contribution in [0.5, 0.6) is 0 Å². The highest BCUT2D eigenvalue weighted by molar-refractivity contribution is 6.42. The molecule has 1 saturated carbocycles. The van der Waals surface area contributed by atoms with Gasteiger partial charge in [0.1, 0.15) is 5.82 Å². The summed E-state index contributed by atoms with van der Waals surface area (Å²) in [4.78, 5) is 4.77. The van der Waals surface area contributed by atoms with Gasteiger partial charge in [0, 0.05) is 18.5 Å². The number of benzene rings is 1. The number of hydrogen-bond acceptors (Lipinski definition) is 2. The van der Waals surface area contributed by atoms with Gasteiger partial charge in [-0.1, -0.05) is 29.6 Å². The van der Waals surface area contributed by atoms with Crippen LogP contribution in [0, 0.1) is 0 Å². The summed E-state index contributed by atoms with van der Waals surface area (Å²) in [5.41, 5.74) is 7.79. The molecule has 0 amide bonds. The van der Waals surface area contributed by atoms with E-state index in [1.54, 1.807) is 0 Å². The van der Waals surface area contributed by atoms with Gasteiger partial charge in [-0.2, -0.15) is 0 Å². The largest absolute Gasteiger partial charge is 0.328 e. The second kappa shape index (κ2) is 4.97. The molecule has 19 heavy (non-hydrogen) atoms. The highest BCUT2D eigenvalue weighted by Gasteiger charge is 2.27. The van der Waals surface area contributed by atoms with Crippen LogP contribution in [-0.4, -0.2) is 16.1 Å². The molecule has 2 N–H and O–H groups in total. The fourth-order valence-corrected chi connectivity index (χ4v) is 2.95. The number of nitrogens with two attached hydrogens (primary N) is 1. The van der Waals surface area contributed by atoms with E-state index in [0.717, 1.165) is 16.9 Å². The summed E-state index contributed by atoms with van der Waals surface area (Å²) in [5.74, 6) is 1.69. The van der Waals surface area contributed by atoms with Gasteiger partial charge in [0.2, 0.25) is 0 Å². The molecule has 2 aromatic rings. The number of halogens is 2. The minimum Gasteiger partial charge on any atom is -0.328 e. The molecule has 1 aromatic heterocycles. The van der Waals surface area contributed by atoms with Gasteiger partial charge in [0.25, 0.3) is 0 Å². The molecule has 1 heterocycles. The lowest BCUT2D eigenvalue weighted by Gasteiger charge is -2.27. The van der Waals surface area contributed by atoms with Gasteiger partial charge in [0.05, 0.1) is 21.1 Å². The highest BCUT2D eigenvalue weighted by atomic mass is 35.5. The number of rotatable bonds is 3. The lowest BCUT2D eigenvalue weighted by Crippen LogP contribution is -2.22. The fourth-order valence-electron chi connectivity index (χ4n) is 2.63. The van der Waals surface area contributed by atoms with E-state index in [4.69, 9.17) is 33.9 Å². The molecular formula is C14H17Cl2N3. The molecule has 0 aliphatic heterocycles. The summed E-state index contributed by atoms with van der Waals surface area (Å²) < 4.78 is 2.24. The van der Waals surface area contributed by atoms with E-state index in [1.807, 2.05) is 12.1 Å². The Kier molecular flexibility index (Phi) is 3.46. The van der Waals surface area contributed by atoms with Crippen molar-refractivity contribution in [1.82, 2.24) is 9.55 Å². The molecule has 3 nitrogen and oxygen atoms in total. The smallest absolute Gasteiger partial charge is 0.113 e. The maximum Gasteiger partial charge on any atom is 0.113 e. The maximum absolute atomic E-state index is 6.14. The van der Waals surface area contributed by atoms with Crippen LogP contribution in [-0.2, 0) is 0 Å². The number of imidazole rings is 1. The molecular weight excluding hydrogens is 281 g/mol. The molecule has 0 saturated heterocycles. The van der Waals surface area contributed by atoms with Gasteiger partial charge in [0.15, 0.2) is 0 Å². The lowest BCUT2D eigenvalue weighted by atomic mass is 9.84. The Morgan fingerprint density at radius 1 is 1.37 bits per heavy atom. The van der Waals surface area contributed by atoms with E-state index < -0.39 is 0 Å². The van der Waals surface area contributed by atoms with E-state index in [1.165, 1.54) is 19.3 Å². The zero-order valence-corrected chi connectivity index (χ0v) is 12.4. The molecule has 0 bridgehead atoms. The molecule has 1 unspecified atom stereocenters. The van der Waals surface area contributed by atoms with Crippen LogP contribution in [0.2, 0.25) is 10.0 Å². The second-order valence-corrected chi connectivity index (χ2v) is 6.12. The van der Waals surface area contributed by atoms with Gasteiger partial charge in [-0.25, -0.2) is 4.98 Å². The summed E-state index contributed by atoms with van der Waals surface area (Å²) in [5, 5.41) is 1.12. The van der Waals surface area contributed by atoms with Crippen molar-refractivity contribution in [2.24, 2.45) is 5.73 Å². The average Bonchev–Trinajstić information content (AvgIpc) is 2.65. The van der Waals surface area contributed by atoms with E-state index in [0.29, 0.717) is 22.5 Å². The minimum atomic E-state index is 0.220. The van der Waals surface area contributed by atoms with Gasteiger partial charge >= 0.3 is 0 Å². The Hall–Kier alpha value is -0.770. The third-order valence-corrected chi connectivity index (χ3v) is 4.73. The van der Waals surface area contributed by atoms with E-state index in [-0.39, 0.29) is 6.04 Å². The summed E-state index contributed by atoms with van der Waals surface area (Å²) in [7, 11) is 0. The van der Waals surface area contributed by atoms with Crippen LogP contribution in [0.1, 0.15) is 44.0 Å². The van der Waals surface area contributed by atoms with Crippen molar-refractivity contribution in [3.8, 4) is 0 Å². The number of hydrogen-bond donors (Lipinski definition) is 1. The van der Waals surface area contributed by atoms with E-state index in [9.17, 15) is 0 Å². The van der Waals surface area contributed by atoms with Gasteiger partial charge in [-0.05, 0) is 31.9 Å². The number of nitrogens with zero attached hydrogens (tertiary/aromatic N) is 2. The predicted molar refractivity (Wildman–Crippen MR) is 80.1 cm³/mol. The Labute approximate surface area is 122 Å². The normalized spacial score (nSPS) is 17.7. The standard InChI is InChI=1S/C14H17Cl2N3/c1-8(7-17)19-13-6-11(16)10(15)5-12(13)18-14(19)9-3-2-4-9/h5-6,8-9H,2-4,7,17H2,1H3. The Bertz CT molecular complexity index is 617. The molecule has 5 heteroatoms. The molecule has 0 spiro atoms. The van der Waals surface area contributed by atoms with Gasteiger partial charge in [-0.3, -0.25) is 0 Å². The minimum absolute atomic E-state index is 0.220. The van der Waals surface area contributed by atoms with Crippen LogP contribution in [0.15, 0.2) is 12.1 Å². The Morgan fingerprint density at radius 2 is 2.05 bits per heavy atom. The first-order valence-corrected chi connectivity index (χ1v) is 7.44. The Morgan fingerprint density at radius 3 is 2.63 bits per heavy atom. The Balaban J connectivity index is 2.23. The molecule has 1 fully saturated rings. The molecule has 102 valence electrons. The monoisotopic (exact) mass is 297 g/mol. The summed E-state index contributed by atoms with van der Waals surface area (Å²) >= 11 is 12.2. The van der Waals surface area contributed by atoms with Crippen LogP contribution in [0.4, 0.5) is 0 Å². The van der Waals surface area contributed by atoms with Crippen molar-refractivity contribution < 1.29 is 0 Å². The van der Waals surface area contributed by atoms with Crippen molar-refractivity contribution in [3.63, 3.8) is 0 Å². The van der Waals surface area contributed by atoms with Crippen molar-refractivity contribution >= 4 is 34.2 Å². The third-order valence-electron chi connectivity index (χ3n) is 4.01. The number of aromatic nitrogens is 2. The van der Waals surface area contributed by atoms with Crippen molar-refractivity contribution in [2.75, 3.05) is 6.54 Å². The molecule has 0 radical (unpaired) electrons. The van der Waals surface area contributed by atoms with Gasteiger partial charge < -0.3 is 10.3 Å². The third kappa shape index (κ3) is 2.14. The molecule has 1 aliphatic carbocycles. The zero-order valence-electron chi connectivity index (χ0n) is 10.9. The summed E-state index contributed by atoms with van der Waals surface area (Å²) in [6.07, 6.45) is 3.70. The molecule has 3 rings (SSSR count). The zero-order chi connectivity index (χ0) is 13.6. The second-order valence-electron chi connectivity index (χ2n) is 5.31. The first kappa shape index (κ1) is 13.2. The van der Waals surface area contributed by atoms with Crippen molar-refractivity contribution in [1.29, 1.82) is 0 Å². The predicted octanol–water partition coefficient (Wildman–Crippen LogP) is 4.13. The fraction of sp³-hybridized carbons (Fsp3) is 0.500. The SMILES string of the molecule is CC(CN)n1c(C2CCC2)nc2cc(Cl)c(Cl)cc21. The van der Waals surface area contributed by atoms with Crippen LogP contribution >= 0.6 is 23.2 Å². The average molecular weight is 298 g/mol. The lowest BCUT2D eigenvalue weighted by molar-refractivity contribution is 0.378. The van der Waals surface area contributed by atoms with Crippen molar-refractivity contribution in [2.45, 2.75) is 38.1 Å². The molecule has 1 aliphatic rings.